The van der Waals surface area contributed by atoms with E-state index in [0.717, 1.165) is 25.9 Å². The fourth-order valence-corrected chi connectivity index (χ4v) is 2.05. The first-order valence-electron chi connectivity index (χ1n) is 6.24. The third-order valence-electron chi connectivity index (χ3n) is 3.38. The van der Waals surface area contributed by atoms with Gasteiger partial charge in [0.1, 0.15) is 5.41 Å². The monoisotopic (exact) mass is 257 g/mol. The highest BCUT2D eigenvalue weighted by atomic mass is 16.5. The molecule has 1 unspecified atom stereocenters. The van der Waals surface area contributed by atoms with Crippen LogP contribution in [0.3, 0.4) is 0 Å². The SMILES string of the molecule is CN(CC1CCCCO1)C(=O)C(C)(C)C(N)=NO. The van der Waals surface area contributed by atoms with Gasteiger partial charge in [0.15, 0.2) is 5.84 Å². The fourth-order valence-electron chi connectivity index (χ4n) is 2.05. The summed E-state index contributed by atoms with van der Waals surface area (Å²) in [5, 5.41) is 11.6. The maximum absolute atomic E-state index is 12.2. The Bertz CT molecular complexity index is 323. The zero-order valence-corrected chi connectivity index (χ0v) is 11.3. The van der Waals surface area contributed by atoms with Crippen LogP contribution in [0.5, 0.6) is 0 Å². The Labute approximate surface area is 108 Å². The molecule has 0 saturated carbocycles. The van der Waals surface area contributed by atoms with Crippen molar-refractivity contribution < 1.29 is 14.7 Å². The molecule has 1 aliphatic rings. The molecule has 1 saturated heterocycles. The first-order valence-corrected chi connectivity index (χ1v) is 6.24. The summed E-state index contributed by atoms with van der Waals surface area (Å²) in [5.74, 6) is -0.254. The topological polar surface area (TPSA) is 88.2 Å². The summed E-state index contributed by atoms with van der Waals surface area (Å²) in [6.45, 7) is 4.59. The maximum Gasteiger partial charge on any atom is 0.235 e. The van der Waals surface area contributed by atoms with Gasteiger partial charge in [-0.15, -0.1) is 0 Å². The average Bonchev–Trinajstić information content (AvgIpc) is 2.37. The zero-order chi connectivity index (χ0) is 13.8. The van der Waals surface area contributed by atoms with Crippen molar-refractivity contribution in [3.8, 4) is 0 Å². The molecular formula is C12H23N3O3. The Morgan fingerprint density at radius 1 is 1.56 bits per heavy atom. The standard InChI is InChI=1S/C12H23N3O3/c1-12(2,10(13)14-17)11(16)15(3)8-9-6-4-5-7-18-9/h9,17H,4-8H2,1-3H3,(H2,13,14). The van der Waals surface area contributed by atoms with Crippen LogP contribution in [-0.4, -0.2) is 48.2 Å². The molecule has 0 spiro atoms. The van der Waals surface area contributed by atoms with Crippen LogP contribution in [0.4, 0.5) is 0 Å². The van der Waals surface area contributed by atoms with E-state index in [1.807, 2.05) is 0 Å². The number of carbonyl (C=O) groups is 1. The Hall–Kier alpha value is -1.30. The predicted octanol–water partition coefficient (Wildman–Crippen LogP) is 0.787. The smallest absolute Gasteiger partial charge is 0.235 e. The molecule has 6 nitrogen and oxygen atoms in total. The molecule has 0 bridgehead atoms. The summed E-state index contributed by atoms with van der Waals surface area (Å²) in [6.07, 6.45) is 3.29. The number of hydrogen-bond acceptors (Lipinski definition) is 4. The number of amidine groups is 1. The number of hydrogen-bond donors (Lipinski definition) is 2. The molecular weight excluding hydrogens is 234 g/mol. The van der Waals surface area contributed by atoms with Crippen LogP contribution >= 0.6 is 0 Å². The Balaban J connectivity index is 2.60. The highest BCUT2D eigenvalue weighted by Gasteiger charge is 2.36. The van der Waals surface area contributed by atoms with Crippen LogP contribution in [0.25, 0.3) is 0 Å². The molecule has 18 heavy (non-hydrogen) atoms. The van der Waals surface area contributed by atoms with E-state index in [4.69, 9.17) is 15.7 Å². The average molecular weight is 257 g/mol. The number of nitrogens with two attached hydrogens (primary N) is 1. The van der Waals surface area contributed by atoms with Gasteiger partial charge in [-0.3, -0.25) is 4.79 Å². The molecule has 1 fully saturated rings. The van der Waals surface area contributed by atoms with E-state index in [1.165, 1.54) is 0 Å². The summed E-state index contributed by atoms with van der Waals surface area (Å²) >= 11 is 0. The van der Waals surface area contributed by atoms with Crippen molar-refractivity contribution in [1.82, 2.24) is 4.90 Å². The highest BCUT2D eigenvalue weighted by Crippen LogP contribution is 2.20. The molecule has 0 aromatic rings. The summed E-state index contributed by atoms with van der Waals surface area (Å²) in [5.41, 5.74) is 4.54. The number of likely N-dealkylation sites (N-methyl/N-ethyl adjacent to an activating group) is 1. The lowest BCUT2D eigenvalue weighted by molar-refractivity contribution is -0.138. The van der Waals surface area contributed by atoms with Crippen molar-refractivity contribution >= 4 is 11.7 Å². The van der Waals surface area contributed by atoms with Crippen LogP contribution < -0.4 is 5.73 Å². The Morgan fingerprint density at radius 2 is 2.22 bits per heavy atom. The quantitative estimate of drug-likeness (QED) is 0.337. The van der Waals surface area contributed by atoms with Gasteiger partial charge in [-0.25, -0.2) is 0 Å². The Kier molecular flexibility index (Phi) is 4.95. The van der Waals surface area contributed by atoms with E-state index in [2.05, 4.69) is 5.16 Å². The summed E-state index contributed by atoms with van der Waals surface area (Å²) in [7, 11) is 1.71. The summed E-state index contributed by atoms with van der Waals surface area (Å²) < 4.78 is 5.59. The van der Waals surface area contributed by atoms with Crippen molar-refractivity contribution in [3.05, 3.63) is 0 Å². The molecule has 1 rings (SSSR count). The molecule has 0 aliphatic carbocycles. The van der Waals surface area contributed by atoms with E-state index in [9.17, 15) is 4.79 Å². The molecule has 1 atom stereocenters. The van der Waals surface area contributed by atoms with E-state index in [1.54, 1.807) is 25.8 Å². The van der Waals surface area contributed by atoms with E-state index in [-0.39, 0.29) is 17.8 Å². The van der Waals surface area contributed by atoms with Crippen LogP contribution in [0.2, 0.25) is 0 Å². The van der Waals surface area contributed by atoms with Gasteiger partial charge < -0.3 is 20.6 Å². The van der Waals surface area contributed by atoms with Crippen LogP contribution in [0.1, 0.15) is 33.1 Å². The third kappa shape index (κ3) is 3.35. The molecule has 0 aromatic carbocycles. The largest absolute Gasteiger partial charge is 0.409 e. The molecule has 1 heterocycles. The van der Waals surface area contributed by atoms with Crippen molar-refractivity contribution in [1.29, 1.82) is 0 Å². The van der Waals surface area contributed by atoms with Gasteiger partial charge in [-0.05, 0) is 33.1 Å². The van der Waals surface area contributed by atoms with Crippen molar-refractivity contribution in [2.24, 2.45) is 16.3 Å². The number of ether oxygens (including phenoxy) is 1. The van der Waals surface area contributed by atoms with Crippen LogP contribution in [0.15, 0.2) is 5.16 Å². The van der Waals surface area contributed by atoms with Crippen molar-refractivity contribution in [3.63, 3.8) is 0 Å². The number of carbonyl (C=O) groups excluding carboxylic acids is 1. The van der Waals surface area contributed by atoms with Crippen molar-refractivity contribution in [2.45, 2.75) is 39.2 Å². The molecule has 1 aliphatic heterocycles. The first-order chi connectivity index (χ1) is 8.39. The molecule has 104 valence electrons. The second-order valence-corrected chi connectivity index (χ2v) is 5.28. The number of amides is 1. The second-order valence-electron chi connectivity index (χ2n) is 5.28. The molecule has 0 aromatic heterocycles. The molecule has 6 heteroatoms. The first kappa shape index (κ1) is 14.8. The van der Waals surface area contributed by atoms with Gasteiger partial charge in [-0.1, -0.05) is 5.16 Å². The molecule has 3 N–H and O–H groups in total. The number of oxime groups is 1. The molecule has 0 radical (unpaired) electrons. The minimum atomic E-state index is -1.00. The predicted molar refractivity (Wildman–Crippen MR) is 68.4 cm³/mol. The second kappa shape index (κ2) is 6.04. The van der Waals surface area contributed by atoms with Crippen LogP contribution in [-0.2, 0) is 9.53 Å². The lowest BCUT2D eigenvalue weighted by Crippen LogP contribution is -2.49. The number of rotatable bonds is 4. The normalized spacial score (nSPS) is 21.7. The molecule has 1 amide bonds. The van der Waals surface area contributed by atoms with Gasteiger partial charge in [0.25, 0.3) is 0 Å². The lowest BCUT2D eigenvalue weighted by Gasteiger charge is -2.32. The minimum absolute atomic E-state index is 0.0797. The minimum Gasteiger partial charge on any atom is -0.409 e. The van der Waals surface area contributed by atoms with Crippen LogP contribution in [0, 0.1) is 5.41 Å². The van der Waals surface area contributed by atoms with Crippen molar-refractivity contribution in [2.75, 3.05) is 20.2 Å². The third-order valence-corrected chi connectivity index (χ3v) is 3.38. The lowest BCUT2D eigenvalue weighted by atomic mass is 9.90. The number of nitrogens with zero attached hydrogens (tertiary/aromatic N) is 2. The highest BCUT2D eigenvalue weighted by molar-refractivity contribution is 6.05. The summed E-state index contributed by atoms with van der Waals surface area (Å²) in [4.78, 5) is 13.8. The maximum atomic E-state index is 12.2. The van der Waals surface area contributed by atoms with E-state index < -0.39 is 5.41 Å². The van der Waals surface area contributed by atoms with E-state index >= 15 is 0 Å². The van der Waals surface area contributed by atoms with E-state index in [0.29, 0.717) is 6.54 Å². The van der Waals surface area contributed by atoms with Gasteiger partial charge in [0, 0.05) is 20.2 Å². The summed E-state index contributed by atoms with van der Waals surface area (Å²) in [6, 6.07) is 0. The van der Waals surface area contributed by atoms with Gasteiger partial charge in [-0.2, -0.15) is 0 Å². The van der Waals surface area contributed by atoms with Gasteiger partial charge >= 0.3 is 0 Å². The van der Waals surface area contributed by atoms with Gasteiger partial charge in [0.05, 0.1) is 6.10 Å². The zero-order valence-electron chi connectivity index (χ0n) is 11.3. The van der Waals surface area contributed by atoms with Gasteiger partial charge in [0.2, 0.25) is 5.91 Å². The Morgan fingerprint density at radius 3 is 2.72 bits per heavy atom. The fraction of sp³-hybridized carbons (Fsp3) is 0.833.